The van der Waals surface area contributed by atoms with Gasteiger partial charge in [0, 0.05) is 16.1 Å². The summed E-state index contributed by atoms with van der Waals surface area (Å²) in [6.45, 7) is 4.05. The Labute approximate surface area is 116 Å². The van der Waals surface area contributed by atoms with E-state index in [1.54, 1.807) is 11.8 Å². The molecule has 1 aromatic rings. The monoisotopic (exact) mass is 315 g/mol. The summed E-state index contributed by atoms with van der Waals surface area (Å²) in [5.41, 5.74) is 1.84. The van der Waals surface area contributed by atoms with Gasteiger partial charge >= 0.3 is 0 Å². The van der Waals surface area contributed by atoms with E-state index in [4.69, 9.17) is 0 Å². The molecule has 0 saturated carbocycles. The number of rotatable bonds is 5. The van der Waals surface area contributed by atoms with Crippen LogP contribution in [0, 0.1) is 6.92 Å². The van der Waals surface area contributed by atoms with E-state index in [-0.39, 0.29) is 11.9 Å². The summed E-state index contributed by atoms with van der Waals surface area (Å²) in [5, 5.41) is 3.00. The third-order valence-electron chi connectivity index (χ3n) is 2.57. The number of carbonyl (C=O) groups is 1. The maximum Gasteiger partial charge on any atom is 0.251 e. The SMILES string of the molecule is CSCCC(C)NC(=O)c1ccc(C)c(Br)c1. The molecule has 0 aliphatic heterocycles. The molecule has 1 unspecified atom stereocenters. The van der Waals surface area contributed by atoms with E-state index in [0.29, 0.717) is 5.56 Å². The van der Waals surface area contributed by atoms with E-state index >= 15 is 0 Å². The average molecular weight is 316 g/mol. The van der Waals surface area contributed by atoms with Crippen LogP contribution in [0.25, 0.3) is 0 Å². The molecule has 0 spiro atoms. The van der Waals surface area contributed by atoms with Gasteiger partial charge < -0.3 is 5.32 Å². The van der Waals surface area contributed by atoms with E-state index < -0.39 is 0 Å². The summed E-state index contributed by atoms with van der Waals surface area (Å²) in [5.74, 6) is 1.07. The third kappa shape index (κ3) is 4.72. The number of halogens is 1. The Morgan fingerprint density at radius 1 is 1.53 bits per heavy atom. The predicted octanol–water partition coefficient (Wildman–Crippen LogP) is 3.63. The van der Waals surface area contributed by atoms with Crippen LogP contribution in [-0.4, -0.2) is 24.0 Å². The third-order valence-corrected chi connectivity index (χ3v) is 4.06. The van der Waals surface area contributed by atoms with Gasteiger partial charge in [-0.05, 0) is 50.0 Å². The first-order valence-electron chi connectivity index (χ1n) is 5.60. The zero-order chi connectivity index (χ0) is 12.8. The number of nitrogens with one attached hydrogen (secondary N) is 1. The van der Waals surface area contributed by atoms with E-state index in [1.807, 2.05) is 32.0 Å². The van der Waals surface area contributed by atoms with E-state index in [0.717, 1.165) is 22.2 Å². The van der Waals surface area contributed by atoms with Crippen LogP contribution in [0.5, 0.6) is 0 Å². The van der Waals surface area contributed by atoms with Gasteiger partial charge in [-0.25, -0.2) is 0 Å². The number of hydrogen-bond donors (Lipinski definition) is 1. The fourth-order valence-corrected chi connectivity index (χ4v) is 2.38. The van der Waals surface area contributed by atoms with Gasteiger partial charge in [0.15, 0.2) is 0 Å². The Bertz CT molecular complexity index is 395. The summed E-state index contributed by atoms with van der Waals surface area (Å²) in [7, 11) is 0. The number of benzene rings is 1. The van der Waals surface area contributed by atoms with Crippen molar-refractivity contribution >= 4 is 33.6 Å². The molecule has 1 atom stereocenters. The van der Waals surface area contributed by atoms with Crippen molar-refractivity contribution < 1.29 is 4.79 Å². The fraction of sp³-hybridized carbons (Fsp3) is 0.462. The Kier molecular flexibility index (Phi) is 6.06. The lowest BCUT2D eigenvalue weighted by atomic mass is 10.1. The summed E-state index contributed by atoms with van der Waals surface area (Å²) in [6.07, 6.45) is 3.07. The lowest BCUT2D eigenvalue weighted by molar-refractivity contribution is 0.0939. The van der Waals surface area contributed by atoms with Crippen LogP contribution in [0.1, 0.15) is 29.3 Å². The van der Waals surface area contributed by atoms with Gasteiger partial charge in [0.25, 0.3) is 5.91 Å². The Balaban J connectivity index is 2.60. The zero-order valence-electron chi connectivity index (χ0n) is 10.4. The highest BCUT2D eigenvalue weighted by Crippen LogP contribution is 2.17. The van der Waals surface area contributed by atoms with Crippen molar-refractivity contribution in [3.8, 4) is 0 Å². The molecule has 94 valence electrons. The molecule has 0 bridgehead atoms. The van der Waals surface area contributed by atoms with Crippen LogP contribution in [0.2, 0.25) is 0 Å². The molecule has 1 N–H and O–H groups in total. The van der Waals surface area contributed by atoms with Gasteiger partial charge in [-0.15, -0.1) is 0 Å². The molecule has 0 aliphatic carbocycles. The summed E-state index contributed by atoms with van der Waals surface area (Å²) >= 11 is 5.24. The van der Waals surface area contributed by atoms with Crippen molar-refractivity contribution in [2.45, 2.75) is 26.3 Å². The molecule has 0 heterocycles. The quantitative estimate of drug-likeness (QED) is 0.899. The molecule has 2 nitrogen and oxygen atoms in total. The Hall–Kier alpha value is -0.480. The highest BCUT2D eigenvalue weighted by molar-refractivity contribution is 9.10. The van der Waals surface area contributed by atoms with Crippen LogP contribution in [0.3, 0.4) is 0 Å². The maximum absolute atomic E-state index is 11.9. The molecule has 17 heavy (non-hydrogen) atoms. The van der Waals surface area contributed by atoms with Crippen molar-refractivity contribution in [1.82, 2.24) is 5.32 Å². The standard InChI is InChI=1S/C13H18BrNOS/c1-9-4-5-11(8-12(9)14)13(16)15-10(2)6-7-17-3/h4-5,8,10H,6-7H2,1-3H3,(H,15,16). The number of aryl methyl sites for hydroxylation is 1. The first-order valence-corrected chi connectivity index (χ1v) is 7.79. The van der Waals surface area contributed by atoms with Crippen LogP contribution >= 0.6 is 27.7 Å². The van der Waals surface area contributed by atoms with Crippen LogP contribution in [-0.2, 0) is 0 Å². The fourth-order valence-electron chi connectivity index (χ4n) is 1.41. The molecule has 0 aromatic heterocycles. The lowest BCUT2D eigenvalue weighted by Gasteiger charge is -2.13. The summed E-state index contributed by atoms with van der Waals surface area (Å²) in [6, 6.07) is 5.89. The second-order valence-corrected chi connectivity index (χ2v) is 5.96. The van der Waals surface area contributed by atoms with Crippen molar-refractivity contribution in [1.29, 1.82) is 0 Å². The van der Waals surface area contributed by atoms with Crippen LogP contribution < -0.4 is 5.32 Å². The van der Waals surface area contributed by atoms with E-state index in [9.17, 15) is 4.79 Å². The number of carbonyl (C=O) groups excluding carboxylic acids is 1. The first kappa shape index (κ1) is 14.6. The summed E-state index contributed by atoms with van der Waals surface area (Å²) < 4.78 is 0.974. The molecule has 1 rings (SSSR count). The largest absolute Gasteiger partial charge is 0.350 e. The lowest BCUT2D eigenvalue weighted by Crippen LogP contribution is -2.32. The molecule has 1 amide bonds. The molecule has 4 heteroatoms. The first-order chi connectivity index (χ1) is 8.04. The Morgan fingerprint density at radius 2 is 2.24 bits per heavy atom. The topological polar surface area (TPSA) is 29.1 Å². The number of hydrogen-bond acceptors (Lipinski definition) is 2. The highest BCUT2D eigenvalue weighted by Gasteiger charge is 2.10. The van der Waals surface area contributed by atoms with Gasteiger partial charge in [-0.2, -0.15) is 11.8 Å². The maximum atomic E-state index is 11.9. The van der Waals surface area contributed by atoms with Crippen LogP contribution in [0.4, 0.5) is 0 Å². The van der Waals surface area contributed by atoms with E-state index in [1.165, 1.54) is 0 Å². The number of thioether (sulfide) groups is 1. The number of amides is 1. The second-order valence-electron chi connectivity index (χ2n) is 4.12. The smallest absolute Gasteiger partial charge is 0.251 e. The minimum atomic E-state index is -0.000645. The van der Waals surface area contributed by atoms with Gasteiger partial charge in [-0.3, -0.25) is 4.79 Å². The van der Waals surface area contributed by atoms with E-state index in [2.05, 4.69) is 27.5 Å². The molecule has 0 aliphatic rings. The van der Waals surface area contributed by atoms with Crippen LogP contribution in [0.15, 0.2) is 22.7 Å². The highest BCUT2D eigenvalue weighted by atomic mass is 79.9. The second kappa shape index (κ2) is 7.07. The minimum absolute atomic E-state index is 0.000645. The minimum Gasteiger partial charge on any atom is -0.350 e. The molecular weight excluding hydrogens is 298 g/mol. The predicted molar refractivity (Wildman–Crippen MR) is 78.8 cm³/mol. The molecular formula is C13H18BrNOS. The molecule has 1 aromatic carbocycles. The Morgan fingerprint density at radius 3 is 2.82 bits per heavy atom. The molecule has 0 saturated heterocycles. The van der Waals surface area contributed by atoms with Gasteiger partial charge in [0.1, 0.15) is 0 Å². The van der Waals surface area contributed by atoms with Crippen molar-refractivity contribution in [3.63, 3.8) is 0 Å². The zero-order valence-corrected chi connectivity index (χ0v) is 12.8. The van der Waals surface area contributed by atoms with Crippen molar-refractivity contribution in [3.05, 3.63) is 33.8 Å². The van der Waals surface area contributed by atoms with Gasteiger partial charge in [0.05, 0.1) is 0 Å². The van der Waals surface area contributed by atoms with Gasteiger partial charge in [0.2, 0.25) is 0 Å². The van der Waals surface area contributed by atoms with Gasteiger partial charge in [-0.1, -0.05) is 22.0 Å². The normalized spacial score (nSPS) is 12.2. The van der Waals surface area contributed by atoms with Crippen molar-refractivity contribution in [2.24, 2.45) is 0 Å². The molecule has 0 fully saturated rings. The molecule has 0 radical (unpaired) electrons. The summed E-state index contributed by atoms with van der Waals surface area (Å²) in [4.78, 5) is 11.9. The average Bonchev–Trinajstić information content (AvgIpc) is 2.30. The van der Waals surface area contributed by atoms with Crippen molar-refractivity contribution in [2.75, 3.05) is 12.0 Å².